The fourth-order valence-corrected chi connectivity index (χ4v) is 2.21. The molecule has 1 heterocycles. The summed E-state index contributed by atoms with van der Waals surface area (Å²) in [7, 11) is 0. The van der Waals surface area contributed by atoms with Crippen LogP contribution >= 0.6 is 11.3 Å². The molecular weight excluding hydrogens is 294 g/mol. The fraction of sp³-hybridized carbons (Fsp3) is 0.400. The van der Waals surface area contributed by atoms with Crippen LogP contribution in [0, 0.1) is 11.6 Å². The van der Waals surface area contributed by atoms with Gasteiger partial charge in [-0.25, -0.2) is 13.8 Å². The summed E-state index contributed by atoms with van der Waals surface area (Å²) in [4.78, 5) is 4.00. The lowest BCUT2D eigenvalue weighted by molar-refractivity contribution is 0.273. The predicted molar refractivity (Wildman–Crippen MR) is 79.4 cm³/mol. The van der Waals surface area contributed by atoms with Crippen molar-refractivity contribution < 1.29 is 13.5 Å². The van der Waals surface area contributed by atoms with Crippen LogP contribution < -0.4 is 10.1 Å². The van der Waals surface area contributed by atoms with Crippen LogP contribution in [0.2, 0.25) is 0 Å². The lowest BCUT2D eigenvalue weighted by atomic mass is 10.1. The topological polar surface area (TPSA) is 34.1 Å². The Hall–Kier alpha value is -1.53. The summed E-state index contributed by atoms with van der Waals surface area (Å²) in [6, 6.07) is 2.58. The highest BCUT2D eigenvalue weighted by atomic mass is 32.1. The van der Waals surface area contributed by atoms with Crippen molar-refractivity contribution >= 4 is 11.3 Å². The molecule has 0 unspecified atom stereocenters. The SMILES string of the molecule is CC(C)(C)NCc1cc(F)c(OCc2nccs2)c(F)c1. The largest absolute Gasteiger partial charge is 0.480 e. The standard InChI is InChI=1S/C15H18F2N2OS/c1-15(2,3)19-8-10-6-11(16)14(12(17)7-10)20-9-13-18-4-5-21-13/h4-7,19H,8-9H2,1-3H3. The number of aromatic nitrogens is 1. The number of thiazole rings is 1. The summed E-state index contributed by atoms with van der Waals surface area (Å²) in [5.41, 5.74) is 0.425. The van der Waals surface area contributed by atoms with Gasteiger partial charge in [0.25, 0.3) is 0 Å². The average molecular weight is 312 g/mol. The van der Waals surface area contributed by atoms with Gasteiger partial charge in [0.1, 0.15) is 11.6 Å². The molecule has 0 saturated carbocycles. The summed E-state index contributed by atoms with van der Waals surface area (Å²) in [6.07, 6.45) is 1.62. The van der Waals surface area contributed by atoms with Crippen molar-refractivity contribution in [3.63, 3.8) is 0 Å². The Labute approximate surface area is 127 Å². The Kier molecular flexibility index (Phi) is 4.90. The lowest BCUT2D eigenvalue weighted by Crippen LogP contribution is -2.35. The smallest absolute Gasteiger partial charge is 0.191 e. The van der Waals surface area contributed by atoms with Gasteiger partial charge in [-0.15, -0.1) is 11.3 Å². The first-order valence-electron chi connectivity index (χ1n) is 6.59. The number of hydrogen-bond acceptors (Lipinski definition) is 4. The molecule has 6 heteroatoms. The Morgan fingerprint density at radius 2 is 1.90 bits per heavy atom. The molecule has 1 N–H and O–H groups in total. The highest BCUT2D eigenvalue weighted by molar-refractivity contribution is 7.09. The van der Waals surface area contributed by atoms with Crippen LogP contribution in [0.3, 0.4) is 0 Å². The van der Waals surface area contributed by atoms with E-state index in [2.05, 4.69) is 10.3 Å². The van der Waals surface area contributed by atoms with Crippen molar-refractivity contribution in [2.45, 2.75) is 39.5 Å². The van der Waals surface area contributed by atoms with Gasteiger partial charge in [0, 0.05) is 23.7 Å². The molecule has 2 aromatic rings. The summed E-state index contributed by atoms with van der Waals surface area (Å²) < 4.78 is 33.1. The second-order valence-corrected chi connectivity index (χ2v) is 6.69. The van der Waals surface area contributed by atoms with E-state index in [-0.39, 0.29) is 17.9 Å². The van der Waals surface area contributed by atoms with Crippen molar-refractivity contribution in [2.75, 3.05) is 0 Å². The second-order valence-electron chi connectivity index (χ2n) is 5.71. The Bertz CT molecular complexity index is 571. The second kappa shape index (κ2) is 6.49. The molecular formula is C15H18F2N2OS. The summed E-state index contributed by atoms with van der Waals surface area (Å²) in [5.74, 6) is -1.75. The maximum absolute atomic E-state index is 13.9. The van der Waals surface area contributed by atoms with E-state index in [1.807, 2.05) is 20.8 Å². The maximum atomic E-state index is 13.9. The van der Waals surface area contributed by atoms with Gasteiger partial charge in [0.15, 0.2) is 17.4 Å². The maximum Gasteiger partial charge on any atom is 0.191 e. The van der Waals surface area contributed by atoms with E-state index in [1.54, 1.807) is 11.6 Å². The monoisotopic (exact) mass is 312 g/mol. The molecule has 0 spiro atoms. The predicted octanol–water partition coefficient (Wildman–Crippen LogP) is 3.89. The molecule has 0 bridgehead atoms. The molecule has 0 aliphatic carbocycles. The number of benzene rings is 1. The molecule has 3 nitrogen and oxygen atoms in total. The quantitative estimate of drug-likeness (QED) is 0.909. The van der Waals surface area contributed by atoms with E-state index >= 15 is 0 Å². The van der Waals surface area contributed by atoms with Crippen molar-refractivity contribution in [1.29, 1.82) is 0 Å². The van der Waals surface area contributed by atoms with Crippen molar-refractivity contribution in [2.24, 2.45) is 0 Å². The van der Waals surface area contributed by atoms with E-state index in [1.165, 1.54) is 23.5 Å². The van der Waals surface area contributed by atoms with Gasteiger partial charge < -0.3 is 10.1 Å². The minimum absolute atomic E-state index is 0.0606. The zero-order valence-electron chi connectivity index (χ0n) is 12.2. The van der Waals surface area contributed by atoms with Crippen molar-refractivity contribution in [1.82, 2.24) is 10.3 Å². The number of ether oxygens (including phenoxy) is 1. The van der Waals surface area contributed by atoms with Crippen LogP contribution in [-0.2, 0) is 13.2 Å². The molecule has 2 rings (SSSR count). The summed E-state index contributed by atoms with van der Waals surface area (Å²) in [6.45, 7) is 6.43. The van der Waals surface area contributed by atoms with E-state index in [0.717, 1.165) is 0 Å². The number of hydrogen-bond donors (Lipinski definition) is 1. The fourth-order valence-electron chi connectivity index (χ4n) is 1.68. The molecule has 0 saturated heterocycles. The Balaban J connectivity index is 2.06. The Morgan fingerprint density at radius 3 is 2.43 bits per heavy atom. The van der Waals surface area contributed by atoms with Gasteiger partial charge in [-0.1, -0.05) is 0 Å². The number of nitrogens with zero attached hydrogens (tertiary/aromatic N) is 1. The minimum atomic E-state index is -0.697. The third-order valence-corrected chi connectivity index (χ3v) is 3.46. The zero-order chi connectivity index (χ0) is 15.5. The molecule has 114 valence electrons. The van der Waals surface area contributed by atoms with Gasteiger partial charge in [-0.2, -0.15) is 0 Å². The third kappa shape index (κ3) is 4.75. The minimum Gasteiger partial charge on any atom is -0.480 e. The van der Waals surface area contributed by atoms with E-state index in [4.69, 9.17) is 4.74 Å². The highest BCUT2D eigenvalue weighted by Crippen LogP contribution is 2.25. The van der Waals surface area contributed by atoms with Crippen LogP contribution in [0.1, 0.15) is 31.3 Å². The Morgan fingerprint density at radius 1 is 1.24 bits per heavy atom. The van der Waals surface area contributed by atoms with Crippen LogP contribution in [0.15, 0.2) is 23.7 Å². The number of nitrogens with one attached hydrogen (secondary N) is 1. The van der Waals surface area contributed by atoms with E-state index in [9.17, 15) is 8.78 Å². The molecule has 0 aliphatic heterocycles. The van der Waals surface area contributed by atoms with Gasteiger partial charge >= 0.3 is 0 Å². The van der Waals surface area contributed by atoms with Crippen molar-refractivity contribution in [3.8, 4) is 5.75 Å². The molecule has 21 heavy (non-hydrogen) atoms. The molecule has 0 fully saturated rings. The molecule has 0 amide bonds. The van der Waals surface area contributed by atoms with Gasteiger partial charge in [0.2, 0.25) is 0 Å². The molecule has 1 aromatic heterocycles. The summed E-state index contributed by atoms with van der Waals surface area (Å²) >= 11 is 1.38. The van der Waals surface area contributed by atoms with Crippen LogP contribution in [0.25, 0.3) is 0 Å². The van der Waals surface area contributed by atoms with Crippen molar-refractivity contribution in [3.05, 3.63) is 45.9 Å². The first-order valence-corrected chi connectivity index (χ1v) is 7.47. The normalized spacial score (nSPS) is 11.7. The van der Waals surface area contributed by atoms with E-state index in [0.29, 0.717) is 17.1 Å². The van der Waals surface area contributed by atoms with Gasteiger partial charge in [0.05, 0.1) is 0 Å². The molecule has 0 aliphatic rings. The first kappa shape index (κ1) is 15.9. The lowest BCUT2D eigenvalue weighted by Gasteiger charge is -2.20. The van der Waals surface area contributed by atoms with Gasteiger partial charge in [-0.3, -0.25) is 0 Å². The first-order chi connectivity index (χ1) is 9.85. The molecule has 1 aromatic carbocycles. The molecule has 0 atom stereocenters. The highest BCUT2D eigenvalue weighted by Gasteiger charge is 2.15. The van der Waals surface area contributed by atoms with Gasteiger partial charge in [-0.05, 0) is 38.5 Å². The zero-order valence-corrected chi connectivity index (χ0v) is 13.1. The third-order valence-electron chi connectivity index (χ3n) is 2.70. The summed E-state index contributed by atoms with van der Waals surface area (Å²) in [5, 5.41) is 5.64. The van der Waals surface area contributed by atoms with E-state index < -0.39 is 11.6 Å². The van der Waals surface area contributed by atoms with Crippen LogP contribution in [-0.4, -0.2) is 10.5 Å². The number of rotatable bonds is 5. The average Bonchev–Trinajstić information content (AvgIpc) is 2.87. The number of halogens is 2. The van der Waals surface area contributed by atoms with Crippen LogP contribution in [0.4, 0.5) is 8.78 Å². The van der Waals surface area contributed by atoms with Crippen LogP contribution in [0.5, 0.6) is 5.75 Å². The molecule has 0 radical (unpaired) electrons.